The lowest BCUT2D eigenvalue weighted by molar-refractivity contribution is 0.104. The van der Waals surface area contributed by atoms with Crippen molar-refractivity contribution in [2.75, 3.05) is 6.61 Å². The summed E-state index contributed by atoms with van der Waals surface area (Å²) in [4.78, 5) is 0. The lowest BCUT2D eigenvalue weighted by atomic mass is 10.0. The molecule has 1 N–H and O–H groups in total. The molecule has 1 saturated carbocycles. The highest BCUT2D eigenvalue weighted by Crippen LogP contribution is 2.33. The SMILES string of the molecule is CCOC(=C1CCCC1)C(O)c1ccccc1. The van der Waals surface area contributed by atoms with E-state index in [1.807, 2.05) is 37.3 Å². The van der Waals surface area contributed by atoms with Gasteiger partial charge < -0.3 is 9.84 Å². The molecule has 0 amide bonds. The van der Waals surface area contributed by atoms with Crippen LogP contribution in [0.15, 0.2) is 41.7 Å². The molecule has 1 aliphatic carbocycles. The fraction of sp³-hybridized carbons (Fsp3) is 0.467. The van der Waals surface area contributed by atoms with Crippen molar-refractivity contribution in [2.24, 2.45) is 0 Å². The molecule has 0 aliphatic heterocycles. The molecular weight excluding hydrogens is 212 g/mol. The number of ether oxygens (including phenoxy) is 1. The van der Waals surface area contributed by atoms with Crippen molar-refractivity contribution in [1.82, 2.24) is 0 Å². The van der Waals surface area contributed by atoms with Crippen molar-refractivity contribution in [3.05, 3.63) is 47.2 Å². The lowest BCUT2D eigenvalue weighted by Crippen LogP contribution is -2.07. The van der Waals surface area contributed by atoms with Gasteiger partial charge in [-0.2, -0.15) is 0 Å². The summed E-state index contributed by atoms with van der Waals surface area (Å²) in [6.07, 6.45) is 3.96. The summed E-state index contributed by atoms with van der Waals surface area (Å²) in [7, 11) is 0. The largest absolute Gasteiger partial charge is 0.495 e. The van der Waals surface area contributed by atoms with E-state index in [2.05, 4.69) is 0 Å². The summed E-state index contributed by atoms with van der Waals surface area (Å²) in [5.41, 5.74) is 2.21. The molecule has 1 aliphatic rings. The summed E-state index contributed by atoms with van der Waals surface area (Å²) in [6.45, 7) is 2.58. The maximum Gasteiger partial charge on any atom is 0.136 e. The van der Waals surface area contributed by atoms with Gasteiger partial charge in [-0.1, -0.05) is 30.3 Å². The monoisotopic (exact) mass is 232 g/mol. The van der Waals surface area contributed by atoms with E-state index in [9.17, 15) is 5.11 Å². The van der Waals surface area contributed by atoms with Crippen molar-refractivity contribution in [3.8, 4) is 0 Å². The van der Waals surface area contributed by atoms with E-state index >= 15 is 0 Å². The zero-order valence-corrected chi connectivity index (χ0v) is 10.4. The molecule has 0 radical (unpaired) electrons. The van der Waals surface area contributed by atoms with Crippen LogP contribution in [0.2, 0.25) is 0 Å². The van der Waals surface area contributed by atoms with Gasteiger partial charge in [0.2, 0.25) is 0 Å². The van der Waals surface area contributed by atoms with Crippen LogP contribution in [0.3, 0.4) is 0 Å². The molecule has 2 rings (SSSR count). The molecule has 0 spiro atoms. The van der Waals surface area contributed by atoms with Gasteiger partial charge in [-0.3, -0.25) is 0 Å². The Morgan fingerprint density at radius 3 is 2.47 bits per heavy atom. The van der Waals surface area contributed by atoms with Crippen LogP contribution >= 0.6 is 0 Å². The predicted molar refractivity (Wildman–Crippen MR) is 68.5 cm³/mol. The maximum absolute atomic E-state index is 10.4. The summed E-state index contributed by atoms with van der Waals surface area (Å²) >= 11 is 0. The highest BCUT2D eigenvalue weighted by Gasteiger charge is 2.21. The van der Waals surface area contributed by atoms with Gasteiger partial charge in [-0.15, -0.1) is 0 Å². The second-order valence-electron chi connectivity index (χ2n) is 4.42. The van der Waals surface area contributed by atoms with Gasteiger partial charge in [-0.05, 0) is 43.7 Å². The third-order valence-electron chi connectivity index (χ3n) is 3.22. The van der Waals surface area contributed by atoms with Crippen LogP contribution in [0.4, 0.5) is 0 Å². The third kappa shape index (κ3) is 2.89. The van der Waals surface area contributed by atoms with Crippen LogP contribution < -0.4 is 0 Å². The Labute approximate surface area is 103 Å². The standard InChI is InChI=1S/C15H20O2/c1-2-17-15(13-10-6-7-11-13)14(16)12-8-4-3-5-9-12/h3-5,8-9,14,16H,2,6-7,10-11H2,1H3. The molecule has 2 nitrogen and oxygen atoms in total. The van der Waals surface area contributed by atoms with Crippen LogP contribution in [0.25, 0.3) is 0 Å². The number of hydrogen-bond donors (Lipinski definition) is 1. The Bertz CT molecular complexity index is 373. The van der Waals surface area contributed by atoms with Gasteiger partial charge in [0.1, 0.15) is 11.9 Å². The molecule has 0 saturated heterocycles. The summed E-state index contributed by atoms with van der Waals surface area (Å²) in [6, 6.07) is 9.74. The highest BCUT2D eigenvalue weighted by molar-refractivity contribution is 5.27. The van der Waals surface area contributed by atoms with E-state index in [1.54, 1.807) is 0 Å². The van der Waals surface area contributed by atoms with Crippen LogP contribution in [-0.2, 0) is 4.74 Å². The minimum absolute atomic E-state index is 0.607. The molecule has 1 atom stereocenters. The smallest absolute Gasteiger partial charge is 0.136 e. The Morgan fingerprint density at radius 2 is 1.88 bits per heavy atom. The van der Waals surface area contributed by atoms with E-state index in [4.69, 9.17) is 4.74 Å². The van der Waals surface area contributed by atoms with Crippen LogP contribution in [-0.4, -0.2) is 11.7 Å². The topological polar surface area (TPSA) is 29.5 Å². The second kappa shape index (κ2) is 5.87. The van der Waals surface area contributed by atoms with E-state index in [1.165, 1.54) is 18.4 Å². The Hall–Kier alpha value is -1.28. The molecule has 1 fully saturated rings. The quantitative estimate of drug-likeness (QED) is 0.804. The average Bonchev–Trinajstić information content (AvgIpc) is 2.90. The van der Waals surface area contributed by atoms with Crippen LogP contribution in [0.5, 0.6) is 0 Å². The normalized spacial score (nSPS) is 16.9. The van der Waals surface area contributed by atoms with Crippen molar-refractivity contribution in [3.63, 3.8) is 0 Å². The number of aliphatic hydroxyl groups is 1. The van der Waals surface area contributed by atoms with Gasteiger partial charge in [-0.25, -0.2) is 0 Å². The maximum atomic E-state index is 10.4. The van der Waals surface area contributed by atoms with Gasteiger partial charge in [0.15, 0.2) is 0 Å². The average molecular weight is 232 g/mol. The molecule has 1 aromatic carbocycles. The molecule has 0 bridgehead atoms. The molecule has 17 heavy (non-hydrogen) atoms. The first kappa shape index (κ1) is 12.2. The van der Waals surface area contributed by atoms with Crippen molar-refractivity contribution < 1.29 is 9.84 Å². The minimum atomic E-state index is -0.607. The van der Waals surface area contributed by atoms with Crippen molar-refractivity contribution in [2.45, 2.75) is 38.7 Å². The number of benzene rings is 1. The fourth-order valence-corrected chi connectivity index (χ4v) is 2.36. The number of aliphatic hydroxyl groups excluding tert-OH is 1. The van der Waals surface area contributed by atoms with E-state index in [0.717, 1.165) is 24.2 Å². The van der Waals surface area contributed by atoms with Gasteiger partial charge >= 0.3 is 0 Å². The highest BCUT2D eigenvalue weighted by atomic mass is 16.5. The zero-order valence-electron chi connectivity index (χ0n) is 10.4. The number of hydrogen-bond acceptors (Lipinski definition) is 2. The van der Waals surface area contributed by atoms with Crippen molar-refractivity contribution >= 4 is 0 Å². The Balaban J connectivity index is 2.24. The fourth-order valence-electron chi connectivity index (χ4n) is 2.36. The number of rotatable bonds is 4. The molecule has 2 heteroatoms. The summed E-state index contributed by atoms with van der Waals surface area (Å²) in [5.74, 6) is 0.788. The molecule has 0 aromatic heterocycles. The molecule has 1 unspecified atom stereocenters. The van der Waals surface area contributed by atoms with Crippen LogP contribution in [0.1, 0.15) is 44.3 Å². The minimum Gasteiger partial charge on any atom is -0.495 e. The van der Waals surface area contributed by atoms with Gasteiger partial charge in [0.05, 0.1) is 6.61 Å². The predicted octanol–water partition coefficient (Wildman–Crippen LogP) is 3.58. The lowest BCUT2D eigenvalue weighted by Gasteiger charge is -2.18. The van der Waals surface area contributed by atoms with E-state index in [0.29, 0.717) is 6.61 Å². The Morgan fingerprint density at radius 1 is 1.24 bits per heavy atom. The first-order valence-corrected chi connectivity index (χ1v) is 6.40. The third-order valence-corrected chi connectivity index (χ3v) is 3.22. The Kier molecular flexibility index (Phi) is 4.21. The van der Waals surface area contributed by atoms with E-state index < -0.39 is 6.10 Å². The first-order valence-electron chi connectivity index (χ1n) is 6.40. The molecular formula is C15H20O2. The summed E-state index contributed by atoms with van der Waals surface area (Å²) < 4.78 is 5.67. The van der Waals surface area contributed by atoms with Gasteiger partial charge in [0.25, 0.3) is 0 Å². The molecule has 0 heterocycles. The second-order valence-corrected chi connectivity index (χ2v) is 4.42. The molecule has 92 valence electrons. The molecule has 1 aromatic rings. The van der Waals surface area contributed by atoms with Gasteiger partial charge in [0, 0.05) is 0 Å². The first-order chi connectivity index (χ1) is 8.33. The zero-order chi connectivity index (χ0) is 12.1. The van der Waals surface area contributed by atoms with Crippen molar-refractivity contribution in [1.29, 1.82) is 0 Å². The summed E-state index contributed by atoms with van der Waals surface area (Å²) in [5, 5.41) is 10.4. The number of allylic oxidation sites excluding steroid dienone is 1. The van der Waals surface area contributed by atoms with Crippen LogP contribution in [0, 0.1) is 0 Å². The van der Waals surface area contributed by atoms with E-state index in [-0.39, 0.29) is 0 Å².